The van der Waals surface area contributed by atoms with Crippen LogP contribution >= 0.6 is 11.6 Å². The quantitative estimate of drug-likeness (QED) is 0.515. The van der Waals surface area contributed by atoms with E-state index in [1.807, 2.05) is 44.2 Å². The Labute approximate surface area is 170 Å². The number of rotatable bonds is 7. The summed E-state index contributed by atoms with van der Waals surface area (Å²) in [7, 11) is 0. The number of fused-ring (bicyclic) bond motifs is 1. The highest BCUT2D eigenvalue weighted by Crippen LogP contribution is 2.27. The van der Waals surface area contributed by atoms with Crippen LogP contribution in [-0.4, -0.2) is 16.7 Å². The van der Waals surface area contributed by atoms with Crippen LogP contribution in [0.1, 0.15) is 59.2 Å². The first kappa shape index (κ1) is 20.2. The topological polar surface area (TPSA) is 62.0 Å². The molecule has 5 heteroatoms. The van der Waals surface area contributed by atoms with E-state index in [0.717, 1.165) is 40.6 Å². The maximum absolute atomic E-state index is 12.7. The first-order valence-corrected chi connectivity index (χ1v) is 10.0. The zero-order valence-corrected chi connectivity index (χ0v) is 17.2. The van der Waals surface area contributed by atoms with Gasteiger partial charge in [-0.3, -0.25) is 9.59 Å². The van der Waals surface area contributed by atoms with Crippen molar-refractivity contribution in [1.82, 2.24) is 10.3 Å². The third-order valence-electron chi connectivity index (χ3n) is 4.81. The second kappa shape index (κ2) is 8.61. The van der Waals surface area contributed by atoms with E-state index in [1.165, 1.54) is 0 Å². The number of amides is 1. The van der Waals surface area contributed by atoms with Crippen molar-refractivity contribution in [3.05, 3.63) is 69.9 Å². The van der Waals surface area contributed by atoms with Gasteiger partial charge in [0.1, 0.15) is 0 Å². The minimum absolute atomic E-state index is 0.0757. The van der Waals surface area contributed by atoms with E-state index in [-0.39, 0.29) is 17.6 Å². The van der Waals surface area contributed by atoms with Gasteiger partial charge in [-0.25, -0.2) is 0 Å². The van der Waals surface area contributed by atoms with Gasteiger partial charge in [-0.15, -0.1) is 0 Å². The molecule has 0 atom stereocenters. The summed E-state index contributed by atoms with van der Waals surface area (Å²) in [5.74, 6) is -0.121. The highest BCUT2D eigenvalue weighted by Gasteiger charge is 2.21. The Balaban J connectivity index is 1.88. The van der Waals surface area contributed by atoms with Crippen molar-refractivity contribution in [2.45, 2.75) is 40.2 Å². The zero-order chi connectivity index (χ0) is 20.3. The number of halogens is 1. The molecule has 0 fully saturated rings. The predicted molar refractivity (Wildman–Crippen MR) is 114 cm³/mol. The van der Waals surface area contributed by atoms with E-state index in [2.05, 4.69) is 17.2 Å². The number of aromatic amines is 1. The van der Waals surface area contributed by atoms with Crippen LogP contribution in [0.3, 0.4) is 0 Å². The molecule has 0 bridgehead atoms. The summed E-state index contributed by atoms with van der Waals surface area (Å²) >= 11 is 6.15. The molecule has 1 aromatic heterocycles. The van der Waals surface area contributed by atoms with Crippen LogP contribution in [0.15, 0.2) is 42.5 Å². The summed E-state index contributed by atoms with van der Waals surface area (Å²) in [4.78, 5) is 28.7. The number of carbonyl (C=O) groups excluding carboxylic acids is 2. The average Bonchev–Trinajstić information content (AvgIpc) is 3.03. The summed E-state index contributed by atoms with van der Waals surface area (Å²) < 4.78 is 0. The van der Waals surface area contributed by atoms with E-state index in [1.54, 1.807) is 12.1 Å². The van der Waals surface area contributed by atoms with Crippen molar-refractivity contribution in [2.24, 2.45) is 5.92 Å². The lowest BCUT2D eigenvalue weighted by Crippen LogP contribution is -2.22. The second-order valence-corrected chi connectivity index (χ2v) is 7.69. The van der Waals surface area contributed by atoms with Crippen LogP contribution < -0.4 is 5.32 Å². The molecular formula is C23H25ClN2O2. The molecule has 3 rings (SSSR count). The number of Topliss-reactive ketones (excluding diaryl/α,β-unsaturated/α-hetero) is 1. The Morgan fingerprint density at radius 3 is 2.57 bits per heavy atom. The van der Waals surface area contributed by atoms with Crippen LogP contribution in [0, 0.1) is 5.92 Å². The van der Waals surface area contributed by atoms with Crippen molar-refractivity contribution >= 4 is 34.2 Å². The zero-order valence-electron chi connectivity index (χ0n) is 16.4. The van der Waals surface area contributed by atoms with Gasteiger partial charge in [-0.1, -0.05) is 63.1 Å². The summed E-state index contributed by atoms with van der Waals surface area (Å²) in [6.07, 6.45) is 1.74. The van der Waals surface area contributed by atoms with Crippen LogP contribution in [0.25, 0.3) is 10.9 Å². The van der Waals surface area contributed by atoms with Crippen LogP contribution in [-0.2, 0) is 13.0 Å². The van der Waals surface area contributed by atoms with Crippen molar-refractivity contribution < 1.29 is 9.59 Å². The molecule has 28 heavy (non-hydrogen) atoms. The molecule has 0 saturated heterocycles. The maximum atomic E-state index is 12.7. The molecule has 0 aliphatic carbocycles. The first-order valence-electron chi connectivity index (χ1n) is 9.62. The molecule has 3 aromatic rings. The molecule has 1 amide bonds. The third kappa shape index (κ3) is 4.12. The van der Waals surface area contributed by atoms with Crippen LogP contribution in [0.5, 0.6) is 0 Å². The summed E-state index contributed by atoms with van der Waals surface area (Å²) in [5, 5.41) is 4.41. The molecule has 0 unspecified atom stereocenters. The number of carbonyl (C=O) groups is 2. The van der Waals surface area contributed by atoms with Gasteiger partial charge in [0.15, 0.2) is 5.78 Å². The van der Waals surface area contributed by atoms with Gasteiger partial charge in [0.2, 0.25) is 0 Å². The van der Waals surface area contributed by atoms with Gasteiger partial charge < -0.3 is 10.3 Å². The maximum Gasteiger partial charge on any atom is 0.251 e. The number of aryl methyl sites for hydroxylation is 1. The van der Waals surface area contributed by atoms with E-state index < -0.39 is 0 Å². The van der Waals surface area contributed by atoms with Crippen LogP contribution in [0.4, 0.5) is 0 Å². The molecule has 146 valence electrons. The summed E-state index contributed by atoms with van der Waals surface area (Å²) in [6.45, 7) is 6.27. The largest absolute Gasteiger partial charge is 0.358 e. The number of H-pyrrole nitrogens is 1. The lowest BCUT2D eigenvalue weighted by molar-refractivity contribution is 0.0936. The van der Waals surface area contributed by atoms with Crippen molar-refractivity contribution in [3.8, 4) is 0 Å². The number of benzene rings is 2. The third-order valence-corrected chi connectivity index (χ3v) is 5.18. The van der Waals surface area contributed by atoms with Gasteiger partial charge in [0, 0.05) is 45.2 Å². The Kier molecular flexibility index (Phi) is 6.20. The molecular weight excluding hydrogens is 372 g/mol. The molecule has 1 heterocycles. The Morgan fingerprint density at radius 1 is 1.14 bits per heavy atom. The molecule has 2 aromatic carbocycles. The molecule has 0 radical (unpaired) electrons. The van der Waals surface area contributed by atoms with Crippen molar-refractivity contribution in [3.63, 3.8) is 0 Å². The SMILES string of the molecule is CCCc1[nH]c2cc(C(=O)NCc3ccccc3Cl)ccc2c1C(=O)C(C)C. The Morgan fingerprint density at radius 2 is 1.89 bits per heavy atom. The first-order chi connectivity index (χ1) is 13.4. The minimum Gasteiger partial charge on any atom is -0.358 e. The highest BCUT2D eigenvalue weighted by molar-refractivity contribution is 6.31. The normalized spacial score (nSPS) is 11.2. The van der Waals surface area contributed by atoms with Crippen molar-refractivity contribution in [2.75, 3.05) is 0 Å². The van der Waals surface area contributed by atoms with E-state index in [9.17, 15) is 9.59 Å². The Bertz CT molecular complexity index is 1020. The number of ketones is 1. The van der Waals surface area contributed by atoms with Gasteiger partial charge in [0.25, 0.3) is 5.91 Å². The average molecular weight is 397 g/mol. The number of hydrogen-bond acceptors (Lipinski definition) is 2. The lowest BCUT2D eigenvalue weighted by atomic mass is 9.96. The Hall–Kier alpha value is -2.59. The van der Waals surface area contributed by atoms with Gasteiger partial charge in [-0.2, -0.15) is 0 Å². The number of hydrogen-bond donors (Lipinski definition) is 2. The molecule has 4 nitrogen and oxygen atoms in total. The van der Waals surface area contributed by atoms with E-state index in [0.29, 0.717) is 17.1 Å². The smallest absolute Gasteiger partial charge is 0.251 e. The standard InChI is InChI=1S/C23H25ClN2O2/c1-4-7-19-21(22(27)14(2)3)17-11-10-15(12-20(17)26-19)23(28)25-13-16-8-5-6-9-18(16)24/h5-6,8-12,14,26H,4,7,13H2,1-3H3,(H,25,28). The fraction of sp³-hybridized carbons (Fsp3) is 0.304. The van der Waals surface area contributed by atoms with E-state index in [4.69, 9.17) is 11.6 Å². The monoisotopic (exact) mass is 396 g/mol. The van der Waals surface area contributed by atoms with E-state index >= 15 is 0 Å². The molecule has 0 aliphatic heterocycles. The molecule has 0 spiro atoms. The fourth-order valence-electron chi connectivity index (χ4n) is 3.32. The highest BCUT2D eigenvalue weighted by atomic mass is 35.5. The number of nitrogens with one attached hydrogen (secondary N) is 2. The fourth-order valence-corrected chi connectivity index (χ4v) is 3.52. The second-order valence-electron chi connectivity index (χ2n) is 7.28. The summed E-state index contributed by atoms with van der Waals surface area (Å²) in [6, 6.07) is 12.9. The van der Waals surface area contributed by atoms with Crippen molar-refractivity contribution in [1.29, 1.82) is 0 Å². The lowest BCUT2D eigenvalue weighted by Gasteiger charge is -2.08. The van der Waals surface area contributed by atoms with Gasteiger partial charge >= 0.3 is 0 Å². The van der Waals surface area contributed by atoms with Gasteiger partial charge in [-0.05, 0) is 30.2 Å². The molecule has 2 N–H and O–H groups in total. The molecule has 0 saturated carbocycles. The summed E-state index contributed by atoms with van der Waals surface area (Å²) in [5.41, 5.74) is 3.94. The minimum atomic E-state index is -0.176. The number of aromatic nitrogens is 1. The van der Waals surface area contributed by atoms with Crippen LogP contribution in [0.2, 0.25) is 5.02 Å². The molecule has 0 aliphatic rings. The van der Waals surface area contributed by atoms with Gasteiger partial charge in [0.05, 0.1) is 0 Å². The predicted octanol–water partition coefficient (Wildman–Crippen LogP) is 5.54.